The van der Waals surface area contributed by atoms with Crippen molar-refractivity contribution in [2.75, 3.05) is 6.54 Å². The van der Waals surface area contributed by atoms with Gasteiger partial charge in [0.25, 0.3) is 0 Å². The minimum Gasteiger partial charge on any atom is -0.330 e. The van der Waals surface area contributed by atoms with Crippen molar-refractivity contribution < 1.29 is 0 Å². The fraction of sp³-hybridized carbons (Fsp3) is 1.00. The predicted molar refractivity (Wildman–Crippen MR) is 58.5 cm³/mol. The van der Waals surface area contributed by atoms with Crippen molar-refractivity contribution in [3.63, 3.8) is 0 Å². The molecule has 3 unspecified atom stereocenters. The van der Waals surface area contributed by atoms with E-state index in [4.69, 9.17) is 5.73 Å². The molecule has 0 aromatic rings. The van der Waals surface area contributed by atoms with Gasteiger partial charge in [-0.15, -0.1) is 0 Å². The Kier molecular flexibility index (Phi) is 3.39. The Morgan fingerprint density at radius 2 is 1.85 bits per heavy atom. The third-order valence-electron chi connectivity index (χ3n) is 4.26. The van der Waals surface area contributed by atoms with Crippen LogP contribution in [0.25, 0.3) is 0 Å². The van der Waals surface area contributed by atoms with Crippen LogP contribution in [-0.4, -0.2) is 6.54 Å². The van der Waals surface area contributed by atoms with Crippen molar-refractivity contribution in [1.82, 2.24) is 0 Å². The van der Waals surface area contributed by atoms with Crippen LogP contribution in [0.4, 0.5) is 0 Å². The van der Waals surface area contributed by atoms with Crippen LogP contribution in [0, 0.1) is 23.2 Å². The standard InChI is InChI=1S/C12H25N/c1-9-7-12(3,4)10(2)5-6-11(9)8-13/h9-11H,5-8,13H2,1-4H3. The zero-order chi connectivity index (χ0) is 10.1. The van der Waals surface area contributed by atoms with E-state index in [9.17, 15) is 0 Å². The average molecular weight is 183 g/mol. The third kappa shape index (κ3) is 2.46. The number of hydrogen-bond acceptors (Lipinski definition) is 1. The van der Waals surface area contributed by atoms with E-state index in [0.29, 0.717) is 5.41 Å². The Morgan fingerprint density at radius 1 is 1.23 bits per heavy atom. The predicted octanol–water partition coefficient (Wildman–Crippen LogP) is 3.04. The second-order valence-electron chi connectivity index (χ2n) is 5.64. The van der Waals surface area contributed by atoms with Crippen molar-refractivity contribution in [2.24, 2.45) is 28.9 Å². The molecule has 0 heterocycles. The van der Waals surface area contributed by atoms with Crippen LogP contribution in [0.2, 0.25) is 0 Å². The molecule has 1 aliphatic rings. The zero-order valence-corrected chi connectivity index (χ0v) is 9.64. The summed E-state index contributed by atoms with van der Waals surface area (Å²) < 4.78 is 0. The zero-order valence-electron chi connectivity index (χ0n) is 9.64. The molecule has 3 atom stereocenters. The monoisotopic (exact) mass is 183 g/mol. The fourth-order valence-corrected chi connectivity index (χ4v) is 2.69. The lowest BCUT2D eigenvalue weighted by Gasteiger charge is -2.31. The van der Waals surface area contributed by atoms with Gasteiger partial charge in [0.1, 0.15) is 0 Å². The van der Waals surface area contributed by atoms with Gasteiger partial charge in [0.15, 0.2) is 0 Å². The Hall–Kier alpha value is -0.0400. The summed E-state index contributed by atoms with van der Waals surface area (Å²) >= 11 is 0. The van der Waals surface area contributed by atoms with Gasteiger partial charge in [0.05, 0.1) is 0 Å². The first-order valence-corrected chi connectivity index (χ1v) is 5.67. The quantitative estimate of drug-likeness (QED) is 0.621. The summed E-state index contributed by atoms with van der Waals surface area (Å²) in [5.41, 5.74) is 6.31. The van der Waals surface area contributed by atoms with E-state index in [1.54, 1.807) is 0 Å². The molecule has 0 aromatic carbocycles. The highest BCUT2D eigenvalue weighted by Gasteiger charge is 2.33. The van der Waals surface area contributed by atoms with Gasteiger partial charge >= 0.3 is 0 Å². The lowest BCUT2D eigenvalue weighted by Crippen LogP contribution is -2.24. The SMILES string of the molecule is CC1CC(C)(C)C(C)CCC1CN. The van der Waals surface area contributed by atoms with Gasteiger partial charge in [-0.1, -0.05) is 27.7 Å². The topological polar surface area (TPSA) is 26.0 Å². The van der Waals surface area contributed by atoms with Crippen molar-refractivity contribution >= 4 is 0 Å². The molecule has 1 rings (SSSR count). The van der Waals surface area contributed by atoms with E-state index in [0.717, 1.165) is 24.3 Å². The van der Waals surface area contributed by atoms with Gasteiger partial charge in [0, 0.05) is 0 Å². The van der Waals surface area contributed by atoms with Gasteiger partial charge in [-0.3, -0.25) is 0 Å². The summed E-state index contributed by atoms with van der Waals surface area (Å²) in [6.45, 7) is 10.5. The first-order chi connectivity index (χ1) is 5.97. The van der Waals surface area contributed by atoms with Crippen molar-refractivity contribution in [1.29, 1.82) is 0 Å². The molecular formula is C12H25N. The summed E-state index contributed by atoms with van der Waals surface area (Å²) in [6, 6.07) is 0. The summed E-state index contributed by atoms with van der Waals surface area (Å²) in [6.07, 6.45) is 4.04. The Bertz CT molecular complexity index is 163. The summed E-state index contributed by atoms with van der Waals surface area (Å²) in [4.78, 5) is 0. The Labute approximate surface area is 83.1 Å². The number of hydrogen-bond donors (Lipinski definition) is 1. The lowest BCUT2D eigenvalue weighted by atomic mass is 9.74. The van der Waals surface area contributed by atoms with Gasteiger partial charge in [-0.25, -0.2) is 0 Å². The van der Waals surface area contributed by atoms with E-state index in [1.165, 1.54) is 19.3 Å². The third-order valence-corrected chi connectivity index (χ3v) is 4.26. The fourth-order valence-electron chi connectivity index (χ4n) is 2.69. The van der Waals surface area contributed by atoms with E-state index < -0.39 is 0 Å². The van der Waals surface area contributed by atoms with Gasteiger partial charge in [-0.2, -0.15) is 0 Å². The first-order valence-electron chi connectivity index (χ1n) is 5.67. The molecule has 0 aliphatic heterocycles. The molecule has 1 nitrogen and oxygen atoms in total. The van der Waals surface area contributed by atoms with Crippen LogP contribution < -0.4 is 5.73 Å². The summed E-state index contributed by atoms with van der Waals surface area (Å²) in [5, 5.41) is 0. The average Bonchev–Trinajstić information content (AvgIpc) is 2.11. The molecule has 2 N–H and O–H groups in total. The van der Waals surface area contributed by atoms with Crippen molar-refractivity contribution in [3.05, 3.63) is 0 Å². The molecule has 0 radical (unpaired) electrons. The molecule has 0 aromatic heterocycles. The maximum absolute atomic E-state index is 5.80. The van der Waals surface area contributed by atoms with Crippen LogP contribution in [0.15, 0.2) is 0 Å². The van der Waals surface area contributed by atoms with Crippen LogP contribution in [0.3, 0.4) is 0 Å². The smallest absolute Gasteiger partial charge is 0.00463 e. The van der Waals surface area contributed by atoms with E-state index >= 15 is 0 Å². The molecule has 0 spiro atoms. The van der Waals surface area contributed by atoms with Crippen LogP contribution in [0.5, 0.6) is 0 Å². The van der Waals surface area contributed by atoms with Gasteiger partial charge in [-0.05, 0) is 49.0 Å². The molecule has 1 saturated carbocycles. The molecule has 1 heteroatoms. The Balaban J connectivity index is 2.68. The van der Waals surface area contributed by atoms with E-state index in [2.05, 4.69) is 27.7 Å². The van der Waals surface area contributed by atoms with Crippen LogP contribution in [-0.2, 0) is 0 Å². The highest BCUT2D eigenvalue weighted by Crippen LogP contribution is 2.42. The van der Waals surface area contributed by atoms with Gasteiger partial charge < -0.3 is 5.73 Å². The van der Waals surface area contributed by atoms with Gasteiger partial charge in [0.2, 0.25) is 0 Å². The second kappa shape index (κ2) is 4.00. The lowest BCUT2D eigenvalue weighted by molar-refractivity contribution is 0.188. The molecule has 1 fully saturated rings. The highest BCUT2D eigenvalue weighted by atomic mass is 14.6. The maximum atomic E-state index is 5.80. The van der Waals surface area contributed by atoms with Crippen molar-refractivity contribution in [2.45, 2.75) is 47.0 Å². The molecule has 1 aliphatic carbocycles. The van der Waals surface area contributed by atoms with Crippen LogP contribution >= 0.6 is 0 Å². The largest absolute Gasteiger partial charge is 0.330 e. The molecule has 0 saturated heterocycles. The molecular weight excluding hydrogens is 158 g/mol. The molecule has 78 valence electrons. The second-order valence-corrected chi connectivity index (χ2v) is 5.64. The highest BCUT2D eigenvalue weighted by molar-refractivity contribution is 4.84. The first kappa shape index (κ1) is 11.0. The summed E-state index contributed by atoms with van der Waals surface area (Å²) in [7, 11) is 0. The normalized spacial score (nSPS) is 39.9. The maximum Gasteiger partial charge on any atom is -0.00463 e. The van der Waals surface area contributed by atoms with Crippen LogP contribution in [0.1, 0.15) is 47.0 Å². The molecule has 0 amide bonds. The van der Waals surface area contributed by atoms with E-state index in [-0.39, 0.29) is 0 Å². The van der Waals surface area contributed by atoms with Crippen molar-refractivity contribution in [3.8, 4) is 0 Å². The molecule has 13 heavy (non-hydrogen) atoms. The molecule has 0 bridgehead atoms. The van der Waals surface area contributed by atoms with E-state index in [1.807, 2.05) is 0 Å². The number of nitrogens with two attached hydrogens (primary N) is 1. The summed E-state index contributed by atoms with van der Waals surface area (Å²) in [5.74, 6) is 2.43. The minimum atomic E-state index is 0.517. The number of rotatable bonds is 1. The minimum absolute atomic E-state index is 0.517. The Morgan fingerprint density at radius 3 is 2.38 bits per heavy atom.